The average Bonchev–Trinajstić information content (AvgIpc) is 2.59. The molecule has 0 aromatic heterocycles. The van der Waals surface area contributed by atoms with Gasteiger partial charge in [0.05, 0.1) is 6.10 Å². The van der Waals surface area contributed by atoms with E-state index in [1.54, 1.807) is 0 Å². The molecule has 1 saturated heterocycles. The maximum atomic E-state index is 6.20. The van der Waals surface area contributed by atoms with Crippen LogP contribution in [0.3, 0.4) is 0 Å². The fourth-order valence-electron chi connectivity index (χ4n) is 2.03. The van der Waals surface area contributed by atoms with Crippen LogP contribution >= 0.6 is 27.5 Å². The minimum Gasteiger partial charge on any atom is -0.377 e. The van der Waals surface area contributed by atoms with E-state index < -0.39 is 0 Å². The van der Waals surface area contributed by atoms with E-state index in [0.717, 1.165) is 34.6 Å². The highest BCUT2D eigenvalue weighted by Crippen LogP contribution is 2.27. The van der Waals surface area contributed by atoms with Crippen LogP contribution in [-0.2, 0) is 11.3 Å². The van der Waals surface area contributed by atoms with Crippen LogP contribution < -0.4 is 5.32 Å². The number of rotatable bonds is 3. The second kappa shape index (κ2) is 5.27. The zero-order chi connectivity index (χ0) is 12.5. The smallest absolute Gasteiger partial charge is 0.0726 e. The molecule has 1 heterocycles. The zero-order valence-corrected chi connectivity index (χ0v) is 12.4. The molecule has 2 atom stereocenters. The third kappa shape index (κ3) is 3.02. The third-order valence-corrected chi connectivity index (χ3v) is 4.43. The number of ether oxygens (including phenoxy) is 1. The first kappa shape index (κ1) is 13.3. The van der Waals surface area contributed by atoms with Crippen LogP contribution in [0.5, 0.6) is 0 Å². The molecule has 1 aliphatic rings. The van der Waals surface area contributed by atoms with Crippen molar-refractivity contribution in [1.82, 2.24) is 5.32 Å². The lowest BCUT2D eigenvalue weighted by atomic mass is 9.94. The van der Waals surface area contributed by atoms with E-state index in [9.17, 15) is 0 Å². The van der Waals surface area contributed by atoms with Gasteiger partial charge in [0.2, 0.25) is 0 Å². The van der Waals surface area contributed by atoms with Gasteiger partial charge in [-0.15, -0.1) is 0 Å². The molecule has 2 nitrogen and oxygen atoms in total. The Morgan fingerprint density at radius 2 is 2.35 bits per heavy atom. The maximum Gasteiger partial charge on any atom is 0.0726 e. The number of benzene rings is 1. The van der Waals surface area contributed by atoms with Crippen molar-refractivity contribution in [3.8, 4) is 0 Å². The summed E-state index contributed by atoms with van der Waals surface area (Å²) in [6, 6.07) is 5.98. The first-order valence-electron chi connectivity index (χ1n) is 5.82. The predicted molar refractivity (Wildman–Crippen MR) is 74.4 cm³/mol. The van der Waals surface area contributed by atoms with Crippen LogP contribution in [0.2, 0.25) is 5.02 Å². The summed E-state index contributed by atoms with van der Waals surface area (Å²) in [5.74, 6) is 0. The molecule has 0 saturated carbocycles. The zero-order valence-electron chi connectivity index (χ0n) is 10.1. The van der Waals surface area contributed by atoms with Crippen molar-refractivity contribution in [3.05, 3.63) is 33.3 Å². The van der Waals surface area contributed by atoms with Gasteiger partial charge >= 0.3 is 0 Å². The Labute approximate surface area is 116 Å². The van der Waals surface area contributed by atoms with Gasteiger partial charge in [-0.05, 0) is 38.0 Å². The summed E-state index contributed by atoms with van der Waals surface area (Å²) < 4.78 is 6.61. The average molecular weight is 319 g/mol. The Balaban J connectivity index is 2.02. The third-order valence-electron chi connectivity index (χ3n) is 3.58. The van der Waals surface area contributed by atoms with Crippen molar-refractivity contribution in [1.29, 1.82) is 0 Å². The van der Waals surface area contributed by atoms with E-state index in [2.05, 4.69) is 35.1 Å². The fourth-order valence-corrected chi connectivity index (χ4v) is 2.77. The van der Waals surface area contributed by atoms with Crippen LogP contribution in [0.4, 0.5) is 0 Å². The molecule has 2 rings (SSSR count). The quantitative estimate of drug-likeness (QED) is 0.916. The Morgan fingerprint density at radius 3 is 2.94 bits per heavy atom. The summed E-state index contributed by atoms with van der Waals surface area (Å²) in [6.07, 6.45) is 1.29. The van der Waals surface area contributed by atoms with Crippen LogP contribution in [0.25, 0.3) is 0 Å². The van der Waals surface area contributed by atoms with Crippen molar-refractivity contribution < 1.29 is 4.74 Å². The second-order valence-electron chi connectivity index (χ2n) is 4.77. The molecule has 0 bridgehead atoms. The van der Waals surface area contributed by atoms with E-state index >= 15 is 0 Å². The Kier molecular flexibility index (Phi) is 4.14. The highest BCUT2D eigenvalue weighted by atomic mass is 79.9. The van der Waals surface area contributed by atoms with Gasteiger partial charge in [-0.1, -0.05) is 33.6 Å². The van der Waals surface area contributed by atoms with Gasteiger partial charge in [0, 0.05) is 28.2 Å². The molecule has 17 heavy (non-hydrogen) atoms. The van der Waals surface area contributed by atoms with E-state index in [1.807, 2.05) is 18.2 Å². The monoisotopic (exact) mass is 317 g/mol. The first-order valence-corrected chi connectivity index (χ1v) is 6.99. The Bertz CT molecular complexity index is 412. The topological polar surface area (TPSA) is 21.3 Å². The number of halogens is 2. The molecule has 2 unspecified atom stereocenters. The van der Waals surface area contributed by atoms with Crippen molar-refractivity contribution in [2.75, 3.05) is 6.61 Å². The molecule has 4 heteroatoms. The number of hydrogen-bond acceptors (Lipinski definition) is 2. The van der Waals surface area contributed by atoms with Gasteiger partial charge < -0.3 is 10.1 Å². The summed E-state index contributed by atoms with van der Waals surface area (Å²) >= 11 is 9.60. The largest absolute Gasteiger partial charge is 0.377 e. The molecule has 94 valence electrons. The number of nitrogens with one attached hydrogen (secondary N) is 1. The van der Waals surface area contributed by atoms with Crippen LogP contribution in [0.1, 0.15) is 25.8 Å². The highest BCUT2D eigenvalue weighted by molar-refractivity contribution is 9.10. The Hall–Kier alpha value is -0.0900. The lowest BCUT2D eigenvalue weighted by Crippen LogP contribution is -2.47. The van der Waals surface area contributed by atoms with E-state index in [4.69, 9.17) is 16.3 Å². The lowest BCUT2D eigenvalue weighted by molar-refractivity contribution is 0.0881. The van der Waals surface area contributed by atoms with Gasteiger partial charge in [-0.2, -0.15) is 0 Å². The standard InChI is InChI=1S/C13H17BrClNO/c1-9-13(2,5-6-17-9)16-8-10-3-4-11(14)7-12(10)15/h3-4,7,9,16H,5-6,8H2,1-2H3. The summed E-state index contributed by atoms with van der Waals surface area (Å²) in [5, 5.41) is 4.35. The molecule has 1 fully saturated rings. The molecule has 0 aliphatic carbocycles. The van der Waals surface area contributed by atoms with Crippen LogP contribution in [0.15, 0.2) is 22.7 Å². The summed E-state index contributed by atoms with van der Waals surface area (Å²) in [7, 11) is 0. The Morgan fingerprint density at radius 1 is 1.59 bits per heavy atom. The lowest BCUT2D eigenvalue weighted by Gasteiger charge is -2.29. The molecular weight excluding hydrogens is 302 g/mol. The predicted octanol–water partition coefficient (Wildman–Crippen LogP) is 3.76. The first-order chi connectivity index (χ1) is 8.01. The molecular formula is C13H17BrClNO. The second-order valence-corrected chi connectivity index (χ2v) is 6.09. The fraction of sp³-hybridized carbons (Fsp3) is 0.538. The molecule has 0 radical (unpaired) electrons. The molecule has 1 aromatic carbocycles. The van der Waals surface area contributed by atoms with Gasteiger partial charge in [-0.25, -0.2) is 0 Å². The molecule has 1 aromatic rings. The van der Waals surface area contributed by atoms with Gasteiger partial charge in [-0.3, -0.25) is 0 Å². The van der Waals surface area contributed by atoms with Crippen LogP contribution in [-0.4, -0.2) is 18.2 Å². The normalized spacial score (nSPS) is 28.6. The summed E-state index contributed by atoms with van der Waals surface area (Å²) in [6.45, 7) is 5.93. The van der Waals surface area contributed by atoms with Crippen molar-refractivity contribution in [2.24, 2.45) is 0 Å². The van der Waals surface area contributed by atoms with Crippen molar-refractivity contribution in [3.63, 3.8) is 0 Å². The molecule has 0 spiro atoms. The SMILES string of the molecule is CC1OCCC1(C)NCc1ccc(Br)cc1Cl. The minimum absolute atomic E-state index is 0.0520. The summed E-state index contributed by atoms with van der Waals surface area (Å²) in [5.41, 5.74) is 1.17. The van der Waals surface area contributed by atoms with Crippen molar-refractivity contribution >= 4 is 27.5 Å². The van der Waals surface area contributed by atoms with E-state index in [0.29, 0.717) is 0 Å². The van der Waals surface area contributed by atoms with Gasteiger partial charge in [0.1, 0.15) is 0 Å². The van der Waals surface area contributed by atoms with Crippen molar-refractivity contribution in [2.45, 2.75) is 38.5 Å². The minimum atomic E-state index is 0.0520. The molecule has 1 N–H and O–H groups in total. The van der Waals surface area contributed by atoms with E-state index in [-0.39, 0.29) is 11.6 Å². The van der Waals surface area contributed by atoms with Gasteiger partial charge in [0.25, 0.3) is 0 Å². The molecule has 0 amide bonds. The molecule has 1 aliphatic heterocycles. The maximum absolute atomic E-state index is 6.20. The highest BCUT2D eigenvalue weighted by Gasteiger charge is 2.36. The number of hydrogen-bond donors (Lipinski definition) is 1. The van der Waals surface area contributed by atoms with E-state index in [1.165, 1.54) is 0 Å². The summed E-state index contributed by atoms with van der Waals surface area (Å²) in [4.78, 5) is 0. The van der Waals surface area contributed by atoms with Crippen LogP contribution in [0, 0.1) is 0 Å². The van der Waals surface area contributed by atoms with Gasteiger partial charge in [0.15, 0.2) is 0 Å².